The van der Waals surface area contributed by atoms with Gasteiger partial charge in [-0.15, -0.1) is 0 Å². The molecule has 0 spiro atoms. The normalized spacial score (nSPS) is 10.2. The minimum atomic E-state index is 0.728. The molecule has 0 aromatic heterocycles. The van der Waals surface area contributed by atoms with Gasteiger partial charge in [0.25, 0.3) is 0 Å². The molecule has 1 amide bonds. The zero-order valence-corrected chi connectivity index (χ0v) is 11.2. The van der Waals surface area contributed by atoms with E-state index >= 15 is 0 Å². The van der Waals surface area contributed by atoms with Crippen molar-refractivity contribution in [3.63, 3.8) is 0 Å². The summed E-state index contributed by atoms with van der Waals surface area (Å²) < 4.78 is 0. The van der Waals surface area contributed by atoms with Crippen LogP contribution < -0.4 is 5.32 Å². The average Bonchev–Trinajstić information content (AvgIpc) is 2.44. The summed E-state index contributed by atoms with van der Waals surface area (Å²) in [4.78, 5) is 10.2. The van der Waals surface area contributed by atoms with Gasteiger partial charge in [-0.25, -0.2) is 0 Å². The molecule has 19 heavy (non-hydrogen) atoms. The number of nitrogens with one attached hydrogen (secondary N) is 1. The van der Waals surface area contributed by atoms with Gasteiger partial charge < -0.3 is 5.32 Å². The van der Waals surface area contributed by atoms with Crippen LogP contribution in [0.15, 0.2) is 48.5 Å². The molecule has 2 rings (SSSR count). The predicted octanol–water partition coefficient (Wildman–Crippen LogP) is 3.34. The third kappa shape index (κ3) is 3.68. The summed E-state index contributed by atoms with van der Waals surface area (Å²) in [5, 5.41) is 2.71. The van der Waals surface area contributed by atoms with Gasteiger partial charge in [0.1, 0.15) is 0 Å². The van der Waals surface area contributed by atoms with Crippen molar-refractivity contribution in [3.8, 4) is 11.1 Å². The molecule has 1 N–H and O–H groups in total. The minimum absolute atomic E-state index is 0.728. The van der Waals surface area contributed by atoms with E-state index in [2.05, 4.69) is 60.8 Å². The molecule has 0 saturated carbocycles. The van der Waals surface area contributed by atoms with Crippen LogP contribution in [0.4, 0.5) is 0 Å². The highest BCUT2D eigenvalue weighted by Crippen LogP contribution is 2.25. The van der Waals surface area contributed by atoms with Crippen LogP contribution in [0, 0.1) is 6.92 Å². The largest absolute Gasteiger partial charge is 0.359 e. The quantitative estimate of drug-likeness (QED) is 0.621. The predicted molar refractivity (Wildman–Crippen MR) is 79.0 cm³/mol. The molecule has 0 atom stereocenters. The summed E-state index contributed by atoms with van der Waals surface area (Å²) in [7, 11) is 0. The third-order valence-corrected chi connectivity index (χ3v) is 3.20. The van der Waals surface area contributed by atoms with E-state index in [1.807, 2.05) is 0 Å². The van der Waals surface area contributed by atoms with Crippen LogP contribution >= 0.6 is 0 Å². The van der Waals surface area contributed by atoms with E-state index < -0.39 is 0 Å². The molecule has 2 heteroatoms. The number of aryl methyl sites for hydroxylation is 2. The van der Waals surface area contributed by atoms with E-state index in [0.29, 0.717) is 0 Å². The van der Waals surface area contributed by atoms with Gasteiger partial charge in [0, 0.05) is 6.54 Å². The number of amides is 1. The van der Waals surface area contributed by atoms with Gasteiger partial charge in [0.05, 0.1) is 0 Å². The Labute approximate surface area is 114 Å². The number of benzene rings is 2. The van der Waals surface area contributed by atoms with E-state index in [1.165, 1.54) is 22.3 Å². The summed E-state index contributed by atoms with van der Waals surface area (Å²) >= 11 is 0. The maximum atomic E-state index is 10.2. The molecule has 0 aliphatic carbocycles. The lowest BCUT2D eigenvalue weighted by molar-refractivity contribution is -0.109. The second-order valence-electron chi connectivity index (χ2n) is 4.70. The van der Waals surface area contributed by atoms with Crippen molar-refractivity contribution < 1.29 is 4.79 Å². The van der Waals surface area contributed by atoms with Crippen molar-refractivity contribution >= 4 is 6.41 Å². The van der Waals surface area contributed by atoms with E-state index in [4.69, 9.17) is 0 Å². The summed E-state index contributed by atoms with van der Waals surface area (Å²) in [6.07, 6.45) is 2.69. The molecule has 2 aromatic rings. The SMILES string of the molecule is Cc1cccc(-c2ccccc2CCCNC=O)c1. The molecule has 0 saturated heterocycles. The van der Waals surface area contributed by atoms with Gasteiger partial charge in [-0.1, -0.05) is 54.1 Å². The average molecular weight is 253 g/mol. The Hall–Kier alpha value is -2.09. The van der Waals surface area contributed by atoms with Crippen LogP contribution in [0.2, 0.25) is 0 Å². The second-order valence-corrected chi connectivity index (χ2v) is 4.70. The molecule has 0 radical (unpaired) electrons. The van der Waals surface area contributed by atoms with Crippen molar-refractivity contribution in [1.82, 2.24) is 5.32 Å². The first-order chi connectivity index (χ1) is 9.31. The summed E-state index contributed by atoms with van der Waals surface area (Å²) in [6, 6.07) is 17.0. The lowest BCUT2D eigenvalue weighted by Gasteiger charge is -2.10. The number of carbonyl (C=O) groups excluding carboxylic acids is 1. The fourth-order valence-corrected chi connectivity index (χ4v) is 2.27. The molecule has 0 fully saturated rings. The zero-order valence-electron chi connectivity index (χ0n) is 11.2. The molecule has 0 aliphatic rings. The summed E-state index contributed by atoms with van der Waals surface area (Å²) in [5.74, 6) is 0. The van der Waals surface area contributed by atoms with Crippen LogP contribution in [0.25, 0.3) is 11.1 Å². The van der Waals surface area contributed by atoms with Crippen LogP contribution in [-0.2, 0) is 11.2 Å². The molecule has 98 valence electrons. The van der Waals surface area contributed by atoms with E-state index in [1.54, 1.807) is 0 Å². The van der Waals surface area contributed by atoms with Crippen molar-refractivity contribution in [1.29, 1.82) is 0 Å². The molecule has 2 aromatic carbocycles. The zero-order chi connectivity index (χ0) is 13.5. The number of hydrogen-bond acceptors (Lipinski definition) is 1. The van der Waals surface area contributed by atoms with E-state index in [-0.39, 0.29) is 0 Å². The fourth-order valence-electron chi connectivity index (χ4n) is 2.27. The molecule has 2 nitrogen and oxygen atoms in total. The Morgan fingerprint density at radius 1 is 1.11 bits per heavy atom. The highest BCUT2D eigenvalue weighted by Gasteiger charge is 2.04. The highest BCUT2D eigenvalue weighted by atomic mass is 16.1. The number of carbonyl (C=O) groups is 1. The van der Waals surface area contributed by atoms with Crippen LogP contribution in [-0.4, -0.2) is 13.0 Å². The van der Waals surface area contributed by atoms with Gasteiger partial charge in [-0.05, 0) is 36.5 Å². The first kappa shape index (κ1) is 13.3. The molecule has 0 aliphatic heterocycles. The fraction of sp³-hybridized carbons (Fsp3) is 0.235. The lowest BCUT2D eigenvalue weighted by Crippen LogP contribution is -2.12. The minimum Gasteiger partial charge on any atom is -0.359 e. The van der Waals surface area contributed by atoms with Crippen molar-refractivity contribution in [3.05, 3.63) is 59.7 Å². The summed E-state index contributed by atoms with van der Waals surface area (Å²) in [5.41, 5.74) is 5.16. The highest BCUT2D eigenvalue weighted by molar-refractivity contribution is 5.68. The Morgan fingerprint density at radius 3 is 2.74 bits per heavy atom. The number of rotatable bonds is 6. The van der Waals surface area contributed by atoms with Gasteiger partial charge in [-0.2, -0.15) is 0 Å². The monoisotopic (exact) mass is 253 g/mol. The van der Waals surface area contributed by atoms with Gasteiger partial charge in [0.15, 0.2) is 0 Å². The van der Waals surface area contributed by atoms with Crippen LogP contribution in [0.3, 0.4) is 0 Å². The molecular weight excluding hydrogens is 234 g/mol. The second kappa shape index (κ2) is 6.74. The molecular formula is C17H19NO. The maximum Gasteiger partial charge on any atom is 0.207 e. The van der Waals surface area contributed by atoms with E-state index in [0.717, 1.165) is 25.8 Å². The Kier molecular flexibility index (Phi) is 4.73. The van der Waals surface area contributed by atoms with Crippen molar-refractivity contribution in [2.45, 2.75) is 19.8 Å². The Balaban J connectivity index is 2.18. The topological polar surface area (TPSA) is 29.1 Å². The molecule has 0 bridgehead atoms. The van der Waals surface area contributed by atoms with E-state index in [9.17, 15) is 4.79 Å². The van der Waals surface area contributed by atoms with Gasteiger partial charge >= 0.3 is 0 Å². The first-order valence-corrected chi connectivity index (χ1v) is 6.63. The standard InChI is InChI=1S/C17H19NO/c1-14-6-4-8-16(12-14)17-10-3-2-7-15(17)9-5-11-18-13-19/h2-4,6-8,10,12-13H,5,9,11H2,1H3,(H,18,19). The summed E-state index contributed by atoms with van der Waals surface area (Å²) in [6.45, 7) is 2.84. The Morgan fingerprint density at radius 2 is 1.95 bits per heavy atom. The third-order valence-electron chi connectivity index (χ3n) is 3.20. The smallest absolute Gasteiger partial charge is 0.207 e. The maximum absolute atomic E-state index is 10.2. The first-order valence-electron chi connectivity index (χ1n) is 6.63. The van der Waals surface area contributed by atoms with Crippen LogP contribution in [0.1, 0.15) is 17.5 Å². The molecule has 0 unspecified atom stereocenters. The lowest BCUT2D eigenvalue weighted by atomic mass is 9.96. The van der Waals surface area contributed by atoms with Crippen molar-refractivity contribution in [2.75, 3.05) is 6.54 Å². The molecule has 0 heterocycles. The number of hydrogen-bond donors (Lipinski definition) is 1. The van der Waals surface area contributed by atoms with Crippen LogP contribution in [0.5, 0.6) is 0 Å². The van der Waals surface area contributed by atoms with Gasteiger partial charge in [0.2, 0.25) is 6.41 Å². The van der Waals surface area contributed by atoms with Crippen molar-refractivity contribution in [2.24, 2.45) is 0 Å². The Bertz CT molecular complexity index is 548. The van der Waals surface area contributed by atoms with Gasteiger partial charge in [-0.3, -0.25) is 4.79 Å².